The minimum Gasteiger partial charge on any atom is -0.497 e. The molecule has 0 aliphatic heterocycles. The second kappa shape index (κ2) is 9.88. The van der Waals surface area contributed by atoms with Crippen LogP contribution in [-0.2, 0) is 11.3 Å². The lowest BCUT2D eigenvalue weighted by Crippen LogP contribution is -2.34. The van der Waals surface area contributed by atoms with Crippen molar-refractivity contribution < 1.29 is 19.0 Å². The average molecular weight is 478 g/mol. The van der Waals surface area contributed by atoms with Crippen molar-refractivity contribution in [1.29, 1.82) is 0 Å². The van der Waals surface area contributed by atoms with E-state index >= 15 is 0 Å². The molecule has 1 atom stereocenters. The molecule has 10 nitrogen and oxygen atoms in total. The van der Waals surface area contributed by atoms with Crippen molar-refractivity contribution in [2.75, 3.05) is 21.3 Å². The van der Waals surface area contributed by atoms with Crippen molar-refractivity contribution in [2.45, 2.75) is 26.4 Å². The van der Waals surface area contributed by atoms with Gasteiger partial charge in [-0.15, -0.1) is 5.10 Å². The van der Waals surface area contributed by atoms with Gasteiger partial charge >= 0.3 is 5.69 Å². The Kier molecular flexibility index (Phi) is 6.72. The van der Waals surface area contributed by atoms with Gasteiger partial charge < -0.3 is 19.5 Å². The highest BCUT2D eigenvalue weighted by Gasteiger charge is 2.17. The molecule has 35 heavy (non-hydrogen) atoms. The maximum atomic E-state index is 12.9. The highest BCUT2D eigenvalue weighted by molar-refractivity contribution is 5.76. The van der Waals surface area contributed by atoms with E-state index in [1.807, 2.05) is 37.3 Å². The number of amides is 1. The van der Waals surface area contributed by atoms with Crippen LogP contribution in [0.1, 0.15) is 24.4 Å². The summed E-state index contributed by atoms with van der Waals surface area (Å²) in [7, 11) is 4.72. The minimum atomic E-state index is -0.430. The molecule has 4 aromatic rings. The molecule has 1 N–H and O–H groups in total. The lowest BCUT2D eigenvalue weighted by atomic mass is 10.1. The molecule has 2 heterocycles. The first-order valence-electron chi connectivity index (χ1n) is 11.0. The molecule has 182 valence electrons. The van der Waals surface area contributed by atoms with Crippen molar-refractivity contribution >= 4 is 11.6 Å². The van der Waals surface area contributed by atoms with E-state index in [2.05, 4.69) is 15.4 Å². The number of aromatic nitrogens is 4. The average Bonchev–Trinajstić information content (AvgIpc) is 3.18. The van der Waals surface area contributed by atoms with E-state index in [1.165, 1.54) is 4.40 Å². The number of fused-ring (bicyclic) bond motifs is 1. The molecule has 0 fully saturated rings. The molecule has 2 aromatic heterocycles. The Morgan fingerprint density at radius 2 is 1.71 bits per heavy atom. The van der Waals surface area contributed by atoms with Gasteiger partial charge in [0.05, 0.1) is 33.1 Å². The fourth-order valence-electron chi connectivity index (χ4n) is 3.84. The second-order valence-corrected chi connectivity index (χ2v) is 7.95. The number of benzene rings is 2. The standard InChI is InChI=1S/C25H27N5O5/c1-15(18-8-11-21(34-4)22(12-18)35-5)26-24(31)14-29-25(32)30-16(2)27-20(13-23(30)28-29)17-6-9-19(33-3)10-7-17/h6-13,15H,14H2,1-5H3,(H,26,31)/t15-/m1/s1. The van der Waals surface area contributed by atoms with Crippen molar-refractivity contribution in [1.82, 2.24) is 24.5 Å². The number of nitrogens with zero attached hydrogens (tertiary/aromatic N) is 4. The third-order valence-electron chi connectivity index (χ3n) is 5.70. The topological polar surface area (TPSA) is 109 Å². The number of ether oxygens (including phenoxy) is 3. The molecule has 4 rings (SSSR count). The minimum absolute atomic E-state index is 0.227. The van der Waals surface area contributed by atoms with Gasteiger partial charge in [-0.2, -0.15) is 0 Å². The Hall–Kier alpha value is -4.34. The molecule has 0 spiro atoms. The Morgan fingerprint density at radius 1 is 1.00 bits per heavy atom. The van der Waals surface area contributed by atoms with Crippen molar-refractivity contribution in [3.8, 4) is 28.5 Å². The predicted octanol–water partition coefficient (Wildman–Crippen LogP) is 2.77. The summed E-state index contributed by atoms with van der Waals surface area (Å²) in [6.07, 6.45) is 0. The first kappa shape index (κ1) is 23.8. The smallest absolute Gasteiger partial charge is 0.352 e. The normalized spacial score (nSPS) is 11.8. The van der Waals surface area contributed by atoms with Gasteiger partial charge in [-0.1, -0.05) is 6.07 Å². The Morgan fingerprint density at radius 3 is 2.37 bits per heavy atom. The molecule has 0 saturated carbocycles. The monoisotopic (exact) mass is 477 g/mol. The first-order valence-corrected chi connectivity index (χ1v) is 11.0. The van der Waals surface area contributed by atoms with Crippen LogP contribution >= 0.6 is 0 Å². The van der Waals surface area contributed by atoms with E-state index in [0.717, 1.165) is 21.6 Å². The quantitative estimate of drug-likeness (QED) is 0.416. The zero-order valence-electron chi connectivity index (χ0n) is 20.2. The number of methoxy groups -OCH3 is 3. The summed E-state index contributed by atoms with van der Waals surface area (Å²) in [6, 6.07) is 14.3. The third-order valence-corrected chi connectivity index (χ3v) is 5.70. The van der Waals surface area contributed by atoms with E-state index in [4.69, 9.17) is 14.2 Å². The number of nitrogens with one attached hydrogen (secondary N) is 1. The van der Waals surface area contributed by atoms with E-state index in [1.54, 1.807) is 46.5 Å². The van der Waals surface area contributed by atoms with Gasteiger partial charge in [0, 0.05) is 11.6 Å². The fraction of sp³-hybridized carbons (Fsp3) is 0.280. The zero-order valence-corrected chi connectivity index (χ0v) is 20.2. The number of rotatable bonds is 8. The van der Waals surface area contributed by atoms with Gasteiger partial charge in [0.2, 0.25) is 5.91 Å². The summed E-state index contributed by atoms with van der Waals surface area (Å²) in [4.78, 5) is 30.2. The summed E-state index contributed by atoms with van der Waals surface area (Å²) < 4.78 is 18.3. The molecule has 0 saturated heterocycles. The first-order chi connectivity index (χ1) is 16.8. The molecule has 0 unspecified atom stereocenters. The van der Waals surface area contributed by atoms with Crippen molar-refractivity contribution in [3.63, 3.8) is 0 Å². The SMILES string of the molecule is COc1ccc(-c2cc3nn(CC(=O)N[C@H](C)c4ccc(OC)c(OC)c4)c(=O)n3c(C)n2)cc1. The van der Waals surface area contributed by atoms with Crippen LogP contribution < -0.4 is 25.2 Å². The summed E-state index contributed by atoms with van der Waals surface area (Å²) in [5, 5.41) is 7.26. The molecule has 10 heteroatoms. The number of hydrogen-bond donors (Lipinski definition) is 1. The highest BCUT2D eigenvalue weighted by Crippen LogP contribution is 2.30. The molecular weight excluding hydrogens is 450 g/mol. The van der Waals surface area contributed by atoms with Gasteiger partial charge in [0.15, 0.2) is 17.1 Å². The van der Waals surface area contributed by atoms with Crippen LogP contribution in [0.4, 0.5) is 0 Å². The van der Waals surface area contributed by atoms with Crippen LogP contribution in [0.15, 0.2) is 53.3 Å². The molecule has 1 amide bonds. The van der Waals surface area contributed by atoms with Crippen LogP contribution in [-0.4, -0.2) is 46.4 Å². The van der Waals surface area contributed by atoms with Crippen LogP contribution in [0.5, 0.6) is 17.2 Å². The number of hydrogen-bond acceptors (Lipinski definition) is 7. The van der Waals surface area contributed by atoms with Crippen LogP contribution in [0.3, 0.4) is 0 Å². The second-order valence-electron chi connectivity index (χ2n) is 7.95. The fourth-order valence-corrected chi connectivity index (χ4v) is 3.84. The Labute approximate surface area is 202 Å². The maximum Gasteiger partial charge on any atom is 0.352 e. The highest BCUT2D eigenvalue weighted by atomic mass is 16.5. The number of carbonyl (C=O) groups excluding carboxylic acids is 1. The Balaban J connectivity index is 1.55. The van der Waals surface area contributed by atoms with E-state index < -0.39 is 5.69 Å². The maximum absolute atomic E-state index is 12.9. The summed E-state index contributed by atoms with van der Waals surface area (Å²) in [5.74, 6) is 2.03. The largest absolute Gasteiger partial charge is 0.497 e. The molecule has 0 radical (unpaired) electrons. The van der Waals surface area contributed by atoms with Crippen LogP contribution in [0, 0.1) is 6.92 Å². The summed E-state index contributed by atoms with van der Waals surface area (Å²) >= 11 is 0. The third kappa shape index (κ3) is 4.81. The van der Waals surface area contributed by atoms with E-state index in [-0.39, 0.29) is 18.5 Å². The summed E-state index contributed by atoms with van der Waals surface area (Å²) in [6.45, 7) is 3.35. The number of carbonyl (C=O) groups is 1. The molecule has 0 bridgehead atoms. The van der Waals surface area contributed by atoms with E-state index in [0.29, 0.717) is 28.7 Å². The molecule has 0 aliphatic carbocycles. The number of aryl methyl sites for hydroxylation is 1. The molecule has 0 aliphatic rings. The molecule has 2 aromatic carbocycles. The van der Waals surface area contributed by atoms with Gasteiger partial charge in [-0.25, -0.2) is 18.9 Å². The van der Waals surface area contributed by atoms with Crippen molar-refractivity contribution in [2.24, 2.45) is 0 Å². The van der Waals surface area contributed by atoms with Gasteiger partial charge in [-0.05, 0) is 55.8 Å². The van der Waals surface area contributed by atoms with Gasteiger partial charge in [0.25, 0.3) is 0 Å². The predicted molar refractivity (Wildman–Crippen MR) is 130 cm³/mol. The van der Waals surface area contributed by atoms with E-state index in [9.17, 15) is 9.59 Å². The lowest BCUT2D eigenvalue weighted by molar-refractivity contribution is -0.122. The van der Waals surface area contributed by atoms with Crippen molar-refractivity contribution in [3.05, 3.63) is 70.4 Å². The van der Waals surface area contributed by atoms with Crippen LogP contribution in [0.25, 0.3) is 16.9 Å². The van der Waals surface area contributed by atoms with Crippen LogP contribution in [0.2, 0.25) is 0 Å². The van der Waals surface area contributed by atoms with Gasteiger partial charge in [0.1, 0.15) is 18.1 Å². The molecular formula is C25H27N5O5. The summed E-state index contributed by atoms with van der Waals surface area (Å²) in [5.41, 5.74) is 2.35. The lowest BCUT2D eigenvalue weighted by Gasteiger charge is -2.16. The zero-order chi connectivity index (χ0) is 25.1. The Bertz CT molecular complexity index is 1420. The van der Waals surface area contributed by atoms with Gasteiger partial charge in [-0.3, -0.25) is 4.79 Å².